The molecule has 3 rings (SSSR count). The third-order valence-corrected chi connectivity index (χ3v) is 2.77. The Labute approximate surface area is 122 Å². The van der Waals surface area contributed by atoms with Crippen LogP contribution in [-0.4, -0.2) is 34.3 Å². The van der Waals surface area contributed by atoms with Crippen LogP contribution in [0.15, 0.2) is 18.2 Å². The molecule has 1 aliphatic rings. The SMILES string of the molecule is CC(C)Oc1nc(N)nc(-c2ccc3c(c2)OCCO3)n1. The summed E-state index contributed by atoms with van der Waals surface area (Å²) < 4.78 is 16.5. The van der Waals surface area contributed by atoms with E-state index >= 15 is 0 Å². The Balaban J connectivity index is 1.97. The van der Waals surface area contributed by atoms with E-state index in [1.165, 1.54) is 0 Å². The molecule has 0 atom stereocenters. The number of ether oxygens (including phenoxy) is 3. The van der Waals surface area contributed by atoms with E-state index in [0.717, 1.165) is 5.56 Å². The number of rotatable bonds is 3. The number of nitrogens with zero attached hydrogens (tertiary/aromatic N) is 3. The first-order valence-corrected chi connectivity index (χ1v) is 6.70. The molecule has 0 amide bonds. The van der Waals surface area contributed by atoms with Crippen LogP contribution in [0.4, 0.5) is 5.95 Å². The minimum atomic E-state index is -0.0417. The zero-order valence-electron chi connectivity index (χ0n) is 11.9. The third kappa shape index (κ3) is 2.96. The van der Waals surface area contributed by atoms with Crippen molar-refractivity contribution in [1.29, 1.82) is 0 Å². The van der Waals surface area contributed by atoms with Gasteiger partial charge >= 0.3 is 6.01 Å². The molecule has 2 N–H and O–H groups in total. The van der Waals surface area contributed by atoms with Crippen LogP contribution in [0.5, 0.6) is 17.5 Å². The zero-order chi connectivity index (χ0) is 14.8. The van der Waals surface area contributed by atoms with Gasteiger partial charge in [-0.05, 0) is 32.0 Å². The lowest BCUT2D eigenvalue weighted by Gasteiger charge is -2.18. The number of nitrogen functional groups attached to an aromatic ring is 1. The van der Waals surface area contributed by atoms with Gasteiger partial charge in [0.15, 0.2) is 17.3 Å². The van der Waals surface area contributed by atoms with E-state index in [1.807, 2.05) is 32.0 Å². The maximum Gasteiger partial charge on any atom is 0.322 e. The summed E-state index contributed by atoms with van der Waals surface area (Å²) in [5.74, 6) is 1.94. The molecule has 0 saturated heterocycles. The fourth-order valence-electron chi connectivity index (χ4n) is 1.95. The molecular formula is C14H16N4O3. The van der Waals surface area contributed by atoms with Gasteiger partial charge in [-0.15, -0.1) is 0 Å². The van der Waals surface area contributed by atoms with Gasteiger partial charge < -0.3 is 19.9 Å². The Hall–Kier alpha value is -2.57. The molecule has 110 valence electrons. The summed E-state index contributed by atoms with van der Waals surface area (Å²) >= 11 is 0. The molecule has 0 saturated carbocycles. The van der Waals surface area contributed by atoms with Crippen LogP contribution in [0.3, 0.4) is 0 Å². The maximum absolute atomic E-state index is 5.71. The minimum absolute atomic E-state index is 0.0417. The normalized spacial score (nSPS) is 13.3. The van der Waals surface area contributed by atoms with Gasteiger partial charge in [-0.2, -0.15) is 15.0 Å². The van der Waals surface area contributed by atoms with Crippen molar-refractivity contribution in [3.63, 3.8) is 0 Å². The number of hydrogen-bond donors (Lipinski definition) is 1. The summed E-state index contributed by atoms with van der Waals surface area (Å²) in [5, 5.41) is 0. The Morgan fingerprint density at radius 1 is 1.10 bits per heavy atom. The van der Waals surface area contributed by atoms with Crippen LogP contribution in [0.1, 0.15) is 13.8 Å². The van der Waals surface area contributed by atoms with Crippen LogP contribution in [-0.2, 0) is 0 Å². The molecule has 0 bridgehead atoms. The molecule has 2 aromatic rings. The Morgan fingerprint density at radius 2 is 1.86 bits per heavy atom. The lowest BCUT2D eigenvalue weighted by atomic mass is 10.2. The van der Waals surface area contributed by atoms with Crippen molar-refractivity contribution in [3.05, 3.63) is 18.2 Å². The van der Waals surface area contributed by atoms with E-state index in [4.69, 9.17) is 19.9 Å². The number of aromatic nitrogens is 3. The fourth-order valence-corrected chi connectivity index (χ4v) is 1.95. The molecule has 2 heterocycles. The topological polar surface area (TPSA) is 92.4 Å². The van der Waals surface area contributed by atoms with Crippen LogP contribution < -0.4 is 19.9 Å². The second kappa shape index (κ2) is 5.43. The van der Waals surface area contributed by atoms with E-state index in [1.54, 1.807) is 0 Å². The highest BCUT2D eigenvalue weighted by molar-refractivity contribution is 5.62. The quantitative estimate of drug-likeness (QED) is 0.918. The fraction of sp³-hybridized carbons (Fsp3) is 0.357. The second-order valence-corrected chi connectivity index (χ2v) is 4.82. The van der Waals surface area contributed by atoms with Gasteiger partial charge in [0.25, 0.3) is 0 Å². The molecule has 7 heteroatoms. The van der Waals surface area contributed by atoms with Crippen LogP contribution in [0.2, 0.25) is 0 Å². The van der Waals surface area contributed by atoms with Gasteiger partial charge in [0.1, 0.15) is 13.2 Å². The first kappa shape index (κ1) is 13.4. The number of benzene rings is 1. The molecule has 21 heavy (non-hydrogen) atoms. The molecule has 1 aromatic carbocycles. The number of nitrogens with two attached hydrogens (primary N) is 1. The highest BCUT2D eigenvalue weighted by Gasteiger charge is 2.15. The highest BCUT2D eigenvalue weighted by atomic mass is 16.6. The minimum Gasteiger partial charge on any atom is -0.486 e. The molecule has 0 spiro atoms. The van der Waals surface area contributed by atoms with Crippen LogP contribution in [0, 0.1) is 0 Å². The van der Waals surface area contributed by atoms with Crippen molar-refractivity contribution in [1.82, 2.24) is 15.0 Å². The van der Waals surface area contributed by atoms with Gasteiger partial charge in [0.05, 0.1) is 6.10 Å². The smallest absolute Gasteiger partial charge is 0.322 e. The van der Waals surface area contributed by atoms with Gasteiger partial charge in [-0.3, -0.25) is 0 Å². The summed E-state index contributed by atoms with van der Waals surface area (Å²) in [7, 11) is 0. The lowest BCUT2D eigenvalue weighted by molar-refractivity contribution is 0.171. The van der Waals surface area contributed by atoms with Crippen molar-refractivity contribution >= 4 is 5.95 Å². The van der Waals surface area contributed by atoms with E-state index in [2.05, 4.69) is 15.0 Å². The molecule has 0 radical (unpaired) electrons. The van der Waals surface area contributed by atoms with Crippen molar-refractivity contribution < 1.29 is 14.2 Å². The van der Waals surface area contributed by atoms with Crippen molar-refractivity contribution in [2.45, 2.75) is 20.0 Å². The summed E-state index contributed by atoms with van der Waals surface area (Å²) in [5.41, 5.74) is 6.48. The zero-order valence-corrected chi connectivity index (χ0v) is 11.9. The summed E-state index contributed by atoms with van der Waals surface area (Å²) in [6.45, 7) is 4.86. The molecular weight excluding hydrogens is 272 g/mol. The van der Waals surface area contributed by atoms with E-state index in [-0.39, 0.29) is 18.1 Å². The number of fused-ring (bicyclic) bond motifs is 1. The maximum atomic E-state index is 5.71. The van der Waals surface area contributed by atoms with E-state index < -0.39 is 0 Å². The third-order valence-electron chi connectivity index (χ3n) is 2.77. The van der Waals surface area contributed by atoms with Crippen molar-refractivity contribution in [2.24, 2.45) is 0 Å². The monoisotopic (exact) mass is 288 g/mol. The molecule has 7 nitrogen and oxygen atoms in total. The average molecular weight is 288 g/mol. The molecule has 0 aliphatic carbocycles. The molecule has 0 fully saturated rings. The Morgan fingerprint density at radius 3 is 2.62 bits per heavy atom. The van der Waals surface area contributed by atoms with E-state index in [9.17, 15) is 0 Å². The Kier molecular flexibility index (Phi) is 3.47. The van der Waals surface area contributed by atoms with Crippen LogP contribution >= 0.6 is 0 Å². The van der Waals surface area contributed by atoms with Crippen molar-refractivity contribution in [2.75, 3.05) is 18.9 Å². The summed E-state index contributed by atoms with van der Waals surface area (Å²) in [4.78, 5) is 12.4. The number of hydrogen-bond acceptors (Lipinski definition) is 7. The lowest BCUT2D eigenvalue weighted by Crippen LogP contribution is -2.15. The van der Waals surface area contributed by atoms with Gasteiger partial charge in [0.2, 0.25) is 5.95 Å². The van der Waals surface area contributed by atoms with Gasteiger partial charge in [-0.1, -0.05) is 0 Å². The van der Waals surface area contributed by atoms with Crippen LogP contribution in [0.25, 0.3) is 11.4 Å². The Bertz CT molecular complexity index is 661. The standard InChI is InChI=1S/C14H16N4O3/c1-8(2)21-14-17-12(16-13(15)18-14)9-3-4-10-11(7-9)20-6-5-19-10/h3-4,7-8H,5-6H2,1-2H3,(H2,15,16,17,18). The first-order valence-electron chi connectivity index (χ1n) is 6.70. The second-order valence-electron chi connectivity index (χ2n) is 4.82. The van der Waals surface area contributed by atoms with Crippen molar-refractivity contribution in [3.8, 4) is 28.9 Å². The summed E-state index contributed by atoms with van der Waals surface area (Å²) in [6, 6.07) is 5.71. The largest absolute Gasteiger partial charge is 0.486 e. The molecule has 0 unspecified atom stereocenters. The van der Waals surface area contributed by atoms with Gasteiger partial charge in [0, 0.05) is 5.56 Å². The predicted octanol–water partition coefficient (Wildman–Crippen LogP) is 1.68. The number of anilines is 1. The molecule has 1 aromatic heterocycles. The highest BCUT2D eigenvalue weighted by Crippen LogP contribution is 2.33. The van der Waals surface area contributed by atoms with E-state index in [0.29, 0.717) is 30.5 Å². The summed E-state index contributed by atoms with van der Waals surface area (Å²) in [6.07, 6.45) is -0.0417. The van der Waals surface area contributed by atoms with Gasteiger partial charge in [-0.25, -0.2) is 0 Å². The average Bonchev–Trinajstić information content (AvgIpc) is 2.45. The first-order chi connectivity index (χ1) is 10.1. The molecule has 1 aliphatic heterocycles. The predicted molar refractivity (Wildman–Crippen MR) is 76.4 cm³/mol.